The van der Waals surface area contributed by atoms with Crippen molar-refractivity contribution in [1.29, 1.82) is 0 Å². The number of nitrogens with zero attached hydrogens (tertiary/aromatic N) is 5. The highest BCUT2D eigenvalue weighted by Crippen LogP contribution is 2.28. The highest BCUT2D eigenvalue weighted by atomic mass is 19.1. The summed E-state index contributed by atoms with van der Waals surface area (Å²) in [6, 6.07) is 4.54. The molecule has 1 unspecified atom stereocenters. The average molecular weight is 535 g/mol. The molecule has 0 saturated carbocycles. The molecule has 1 aromatic carbocycles. The number of likely N-dealkylation sites (N-methyl/N-ethyl adjacent to an activating group) is 1. The van der Waals surface area contributed by atoms with E-state index in [0.717, 1.165) is 26.2 Å². The normalized spacial score (nSPS) is 20.9. The minimum atomic E-state index is -0.594. The largest absolute Gasteiger partial charge is 0.455 e. The van der Waals surface area contributed by atoms with Crippen LogP contribution in [0, 0.1) is 5.82 Å². The summed E-state index contributed by atoms with van der Waals surface area (Å²) in [5.74, 6) is -1.39. The standard InChI is InChI=1S/C25H35FN6O6/c1-18(33)27-14-20-15-32(25(36)38-20)19-3-4-22(21(26)13-19)30-9-11-31(12-10-30)23(34)17-37-24(35)16-29-7-5-28(2)6-8-29/h3-4,13,20H,5-12,14-17H2,1-2H3,(H,27,33). The number of ether oxygens (including phenoxy) is 2. The number of cyclic esters (lactones) is 1. The van der Waals surface area contributed by atoms with Gasteiger partial charge in [0.2, 0.25) is 5.91 Å². The molecule has 1 atom stereocenters. The Hall–Kier alpha value is -3.45. The van der Waals surface area contributed by atoms with Gasteiger partial charge in [-0.25, -0.2) is 9.18 Å². The molecule has 3 aliphatic heterocycles. The van der Waals surface area contributed by atoms with Gasteiger partial charge >= 0.3 is 12.1 Å². The first kappa shape index (κ1) is 27.6. The van der Waals surface area contributed by atoms with Gasteiger partial charge in [-0.05, 0) is 25.2 Å². The van der Waals surface area contributed by atoms with Gasteiger partial charge in [-0.15, -0.1) is 0 Å². The number of piperazine rings is 2. The van der Waals surface area contributed by atoms with Gasteiger partial charge < -0.3 is 29.5 Å². The number of hydrogen-bond acceptors (Lipinski definition) is 9. The molecule has 38 heavy (non-hydrogen) atoms. The number of rotatable bonds is 8. The van der Waals surface area contributed by atoms with Crippen LogP contribution in [0.4, 0.5) is 20.6 Å². The Balaban J connectivity index is 1.22. The predicted molar refractivity (Wildman–Crippen MR) is 136 cm³/mol. The second kappa shape index (κ2) is 12.4. The molecule has 0 radical (unpaired) electrons. The third kappa shape index (κ3) is 7.10. The van der Waals surface area contributed by atoms with Gasteiger partial charge in [-0.2, -0.15) is 0 Å². The molecular weight excluding hydrogens is 499 g/mol. The van der Waals surface area contributed by atoms with Crippen LogP contribution in [-0.2, 0) is 23.9 Å². The summed E-state index contributed by atoms with van der Waals surface area (Å²) in [5, 5.41) is 2.61. The first-order valence-electron chi connectivity index (χ1n) is 12.8. The monoisotopic (exact) mass is 534 g/mol. The maximum atomic E-state index is 15.0. The number of halogens is 1. The Morgan fingerprint density at radius 2 is 1.79 bits per heavy atom. The summed E-state index contributed by atoms with van der Waals surface area (Å²) in [6.45, 7) is 6.61. The van der Waals surface area contributed by atoms with Crippen LogP contribution in [0.1, 0.15) is 6.92 Å². The Morgan fingerprint density at radius 3 is 2.45 bits per heavy atom. The molecule has 208 valence electrons. The van der Waals surface area contributed by atoms with Gasteiger partial charge in [0.25, 0.3) is 5.91 Å². The molecule has 0 aliphatic carbocycles. The number of esters is 1. The van der Waals surface area contributed by atoms with Crippen molar-refractivity contribution in [1.82, 2.24) is 20.0 Å². The van der Waals surface area contributed by atoms with E-state index in [2.05, 4.69) is 10.2 Å². The van der Waals surface area contributed by atoms with E-state index in [1.165, 1.54) is 17.9 Å². The maximum Gasteiger partial charge on any atom is 0.414 e. The van der Waals surface area contributed by atoms with E-state index >= 15 is 4.39 Å². The highest BCUT2D eigenvalue weighted by Gasteiger charge is 2.33. The Morgan fingerprint density at radius 1 is 1.08 bits per heavy atom. The molecule has 1 N–H and O–H groups in total. The lowest BCUT2D eigenvalue weighted by Gasteiger charge is -2.36. The van der Waals surface area contributed by atoms with E-state index in [9.17, 15) is 19.2 Å². The topological polar surface area (TPSA) is 115 Å². The van der Waals surface area contributed by atoms with Crippen LogP contribution in [0.5, 0.6) is 0 Å². The fourth-order valence-electron chi connectivity index (χ4n) is 4.68. The lowest BCUT2D eigenvalue weighted by molar-refractivity contribution is -0.153. The summed E-state index contributed by atoms with van der Waals surface area (Å²) in [6.07, 6.45) is -1.10. The van der Waals surface area contributed by atoms with Crippen molar-refractivity contribution in [2.24, 2.45) is 0 Å². The summed E-state index contributed by atoms with van der Waals surface area (Å²) in [5.41, 5.74) is 0.746. The van der Waals surface area contributed by atoms with Crippen molar-refractivity contribution in [3.05, 3.63) is 24.0 Å². The van der Waals surface area contributed by atoms with Crippen molar-refractivity contribution in [3.8, 4) is 0 Å². The van der Waals surface area contributed by atoms with Crippen LogP contribution in [0.25, 0.3) is 0 Å². The second-order valence-electron chi connectivity index (χ2n) is 9.80. The fraction of sp³-hybridized carbons (Fsp3) is 0.600. The molecule has 12 nitrogen and oxygen atoms in total. The van der Waals surface area contributed by atoms with Crippen LogP contribution >= 0.6 is 0 Å². The predicted octanol–water partition coefficient (Wildman–Crippen LogP) is -0.274. The van der Waals surface area contributed by atoms with Crippen LogP contribution in [-0.4, -0.2) is 130 Å². The van der Waals surface area contributed by atoms with E-state index in [1.54, 1.807) is 17.0 Å². The number of anilines is 2. The molecule has 1 aromatic rings. The number of carbonyl (C=O) groups excluding carboxylic acids is 4. The van der Waals surface area contributed by atoms with E-state index in [4.69, 9.17) is 9.47 Å². The Labute approximate surface area is 221 Å². The molecule has 4 rings (SSSR count). The molecular formula is C25H35FN6O6. The molecule has 0 aromatic heterocycles. The molecule has 3 heterocycles. The minimum absolute atomic E-state index is 0.176. The summed E-state index contributed by atoms with van der Waals surface area (Å²) in [7, 11) is 2.04. The first-order chi connectivity index (χ1) is 18.2. The zero-order valence-electron chi connectivity index (χ0n) is 21.9. The van der Waals surface area contributed by atoms with Gasteiger partial charge in [-0.3, -0.25) is 24.2 Å². The van der Waals surface area contributed by atoms with Gasteiger partial charge in [0, 0.05) is 59.3 Å². The van der Waals surface area contributed by atoms with E-state index in [1.807, 2.05) is 16.8 Å². The Bertz CT molecular complexity index is 1040. The van der Waals surface area contributed by atoms with Gasteiger partial charge in [0.1, 0.15) is 11.9 Å². The van der Waals surface area contributed by atoms with E-state index in [-0.39, 0.29) is 38.1 Å². The molecule has 3 aliphatic rings. The minimum Gasteiger partial charge on any atom is -0.455 e. The van der Waals surface area contributed by atoms with Crippen molar-refractivity contribution in [2.75, 3.05) is 95.4 Å². The molecule has 3 saturated heterocycles. The van der Waals surface area contributed by atoms with Crippen molar-refractivity contribution < 1.29 is 33.0 Å². The summed E-state index contributed by atoms with van der Waals surface area (Å²) < 4.78 is 25.5. The lowest BCUT2D eigenvalue weighted by Crippen LogP contribution is -2.50. The van der Waals surface area contributed by atoms with Crippen molar-refractivity contribution in [2.45, 2.75) is 13.0 Å². The number of benzene rings is 1. The van der Waals surface area contributed by atoms with Crippen LogP contribution in [0.2, 0.25) is 0 Å². The van der Waals surface area contributed by atoms with Crippen LogP contribution in [0.3, 0.4) is 0 Å². The average Bonchev–Trinajstić information content (AvgIpc) is 3.28. The maximum absolute atomic E-state index is 15.0. The van der Waals surface area contributed by atoms with Gasteiger partial charge in [0.05, 0.1) is 31.0 Å². The van der Waals surface area contributed by atoms with E-state index < -0.39 is 24.0 Å². The number of amides is 3. The first-order valence-corrected chi connectivity index (χ1v) is 12.8. The van der Waals surface area contributed by atoms with Crippen molar-refractivity contribution >= 4 is 35.3 Å². The number of carbonyl (C=O) groups is 4. The molecule has 0 bridgehead atoms. The third-order valence-electron chi connectivity index (χ3n) is 6.97. The fourth-order valence-corrected chi connectivity index (χ4v) is 4.68. The quantitative estimate of drug-likeness (QED) is 0.450. The van der Waals surface area contributed by atoms with Crippen LogP contribution < -0.4 is 15.1 Å². The second-order valence-corrected chi connectivity index (χ2v) is 9.80. The lowest BCUT2D eigenvalue weighted by atomic mass is 10.2. The number of nitrogens with one attached hydrogen (secondary N) is 1. The van der Waals surface area contributed by atoms with E-state index in [0.29, 0.717) is 37.6 Å². The molecule has 3 amide bonds. The van der Waals surface area contributed by atoms with Crippen LogP contribution in [0.15, 0.2) is 18.2 Å². The molecule has 13 heteroatoms. The molecule has 3 fully saturated rings. The molecule has 0 spiro atoms. The summed E-state index contributed by atoms with van der Waals surface area (Å²) >= 11 is 0. The van der Waals surface area contributed by atoms with Crippen molar-refractivity contribution in [3.63, 3.8) is 0 Å². The Kier molecular flexibility index (Phi) is 9.00. The number of hydrogen-bond donors (Lipinski definition) is 1. The SMILES string of the molecule is CC(=O)NCC1CN(c2ccc(N3CCN(C(=O)COC(=O)CN4CCN(C)CC4)CC3)c(F)c2)C(=O)O1. The van der Waals surface area contributed by atoms with Gasteiger partial charge in [-0.1, -0.05) is 0 Å². The summed E-state index contributed by atoms with van der Waals surface area (Å²) in [4.78, 5) is 57.0. The zero-order chi connectivity index (χ0) is 27.2. The zero-order valence-corrected chi connectivity index (χ0v) is 21.9. The third-order valence-corrected chi connectivity index (χ3v) is 6.97. The van der Waals surface area contributed by atoms with Gasteiger partial charge in [0.15, 0.2) is 6.61 Å². The smallest absolute Gasteiger partial charge is 0.414 e. The highest BCUT2D eigenvalue weighted by molar-refractivity contribution is 5.90.